The van der Waals surface area contributed by atoms with Crippen molar-refractivity contribution in [2.45, 2.75) is 38.1 Å². The molecule has 0 saturated carbocycles. The quantitative estimate of drug-likeness (QED) is 0.752. The maximum Gasteiger partial charge on any atom is 0.317 e. The minimum atomic E-state index is -0.240. The van der Waals surface area contributed by atoms with E-state index < -0.39 is 0 Å². The molecule has 28 heavy (non-hydrogen) atoms. The summed E-state index contributed by atoms with van der Waals surface area (Å²) in [4.78, 5) is 17.0. The third-order valence-electron chi connectivity index (χ3n) is 6.27. The lowest BCUT2D eigenvalue weighted by molar-refractivity contribution is -0.0261. The molecule has 0 unspecified atom stereocenters. The van der Waals surface area contributed by atoms with Gasteiger partial charge in [0.2, 0.25) is 0 Å². The first-order chi connectivity index (χ1) is 13.6. The average Bonchev–Trinajstić information content (AvgIpc) is 2.76. The number of benzene rings is 1. The first-order valence-corrected chi connectivity index (χ1v) is 10.6. The lowest BCUT2D eigenvalue weighted by Crippen LogP contribution is -2.49. The van der Waals surface area contributed by atoms with Gasteiger partial charge in [0.25, 0.3) is 0 Å². The molecular weight excluding hydrogens is 354 g/mol. The third kappa shape index (κ3) is 5.46. The number of piperidine rings is 1. The monoisotopic (exact) mass is 389 g/mol. The van der Waals surface area contributed by atoms with Crippen LogP contribution < -0.4 is 5.32 Å². The normalized spacial score (nSPS) is 21.1. The van der Waals surface area contributed by atoms with E-state index in [4.69, 9.17) is 4.74 Å². The Bertz CT molecular complexity index is 598. The molecule has 0 bridgehead atoms. The van der Waals surface area contributed by atoms with E-state index in [1.807, 2.05) is 13.1 Å². The number of aliphatic hydroxyl groups is 1. The molecule has 0 aliphatic carbocycles. The summed E-state index contributed by atoms with van der Waals surface area (Å²) in [5.74, 6) is 0. The number of carbonyl (C=O) groups is 1. The standard InChI is InChI=1S/C22H35N3O3/c1-24(17-22(18-26)10-14-28-15-11-22)21(27)23-16-20(19-8-4-2-5-9-19)25-12-6-3-7-13-25/h2,4-5,8-9,20,26H,3,6-7,10-18H2,1H3,(H,23,27)/t20-/m0/s1. The summed E-state index contributed by atoms with van der Waals surface area (Å²) in [6, 6.07) is 10.6. The molecule has 0 radical (unpaired) electrons. The van der Waals surface area contributed by atoms with Gasteiger partial charge in [-0.1, -0.05) is 36.8 Å². The van der Waals surface area contributed by atoms with E-state index in [1.165, 1.54) is 24.8 Å². The molecule has 1 aromatic carbocycles. The summed E-state index contributed by atoms with van der Waals surface area (Å²) >= 11 is 0. The van der Waals surface area contributed by atoms with Gasteiger partial charge < -0.3 is 20.1 Å². The molecule has 0 aromatic heterocycles. The third-order valence-corrected chi connectivity index (χ3v) is 6.27. The zero-order chi connectivity index (χ0) is 19.8. The fourth-order valence-corrected chi connectivity index (χ4v) is 4.43. The Morgan fingerprint density at radius 1 is 1.21 bits per heavy atom. The Labute approximate surface area is 168 Å². The predicted molar refractivity (Wildman–Crippen MR) is 110 cm³/mol. The van der Waals surface area contributed by atoms with Gasteiger partial charge in [-0.2, -0.15) is 0 Å². The molecule has 6 heteroatoms. The molecule has 1 atom stereocenters. The molecule has 1 aromatic rings. The van der Waals surface area contributed by atoms with Gasteiger partial charge in [0, 0.05) is 38.8 Å². The van der Waals surface area contributed by atoms with Gasteiger partial charge in [-0.25, -0.2) is 4.79 Å². The number of amides is 2. The highest BCUT2D eigenvalue weighted by atomic mass is 16.5. The van der Waals surface area contributed by atoms with Crippen molar-refractivity contribution in [3.05, 3.63) is 35.9 Å². The van der Waals surface area contributed by atoms with Crippen LogP contribution in [0.3, 0.4) is 0 Å². The fourth-order valence-electron chi connectivity index (χ4n) is 4.43. The number of likely N-dealkylation sites (tertiary alicyclic amines) is 1. The highest BCUT2D eigenvalue weighted by molar-refractivity contribution is 5.74. The van der Waals surface area contributed by atoms with Crippen LogP contribution in [0.1, 0.15) is 43.7 Å². The van der Waals surface area contributed by atoms with Crippen molar-refractivity contribution < 1.29 is 14.6 Å². The van der Waals surface area contributed by atoms with Gasteiger partial charge in [-0.3, -0.25) is 4.90 Å². The number of hydrogen-bond donors (Lipinski definition) is 2. The lowest BCUT2D eigenvalue weighted by Gasteiger charge is -2.39. The van der Waals surface area contributed by atoms with Gasteiger partial charge >= 0.3 is 6.03 Å². The number of aliphatic hydroxyl groups excluding tert-OH is 1. The molecule has 2 saturated heterocycles. The molecule has 6 nitrogen and oxygen atoms in total. The average molecular weight is 390 g/mol. The largest absolute Gasteiger partial charge is 0.396 e. The van der Waals surface area contributed by atoms with Crippen LogP contribution in [0, 0.1) is 5.41 Å². The maximum atomic E-state index is 12.8. The zero-order valence-electron chi connectivity index (χ0n) is 17.1. The first kappa shape index (κ1) is 21.1. The topological polar surface area (TPSA) is 65.0 Å². The van der Waals surface area contributed by atoms with Crippen LogP contribution in [0.2, 0.25) is 0 Å². The number of urea groups is 1. The van der Waals surface area contributed by atoms with E-state index in [0.29, 0.717) is 26.3 Å². The summed E-state index contributed by atoms with van der Waals surface area (Å²) < 4.78 is 5.43. The van der Waals surface area contributed by atoms with E-state index in [9.17, 15) is 9.90 Å². The Morgan fingerprint density at radius 3 is 2.54 bits per heavy atom. The second-order valence-corrected chi connectivity index (χ2v) is 8.34. The Hall–Kier alpha value is -1.63. The molecule has 3 rings (SSSR count). The van der Waals surface area contributed by atoms with E-state index in [2.05, 4.69) is 34.5 Å². The van der Waals surface area contributed by atoms with E-state index in [-0.39, 0.29) is 24.1 Å². The molecule has 2 fully saturated rings. The van der Waals surface area contributed by atoms with Gasteiger partial charge in [-0.15, -0.1) is 0 Å². The highest BCUT2D eigenvalue weighted by Gasteiger charge is 2.34. The molecule has 2 aliphatic rings. The number of nitrogens with one attached hydrogen (secondary N) is 1. The second-order valence-electron chi connectivity index (χ2n) is 8.34. The fraction of sp³-hybridized carbons (Fsp3) is 0.682. The molecular formula is C22H35N3O3. The molecule has 2 N–H and O–H groups in total. The highest BCUT2D eigenvalue weighted by Crippen LogP contribution is 2.31. The Balaban J connectivity index is 1.59. The van der Waals surface area contributed by atoms with E-state index >= 15 is 0 Å². The molecule has 156 valence electrons. The predicted octanol–water partition coefficient (Wildman–Crippen LogP) is 2.64. The molecule has 0 spiro atoms. The number of ether oxygens (including phenoxy) is 1. The number of carbonyl (C=O) groups excluding carboxylic acids is 1. The van der Waals surface area contributed by atoms with Crippen LogP contribution in [0.4, 0.5) is 4.79 Å². The van der Waals surface area contributed by atoms with Crippen molar-refractivity contribution >= 4 is 6.03 Å². The van der Waals surface area contributed by atoms with Crippen LogP contribution in [0.25, 0.3) is 0 Å². The zero-order valence-corrected chi connectivity index (χ0v) is 17.1. The minimum absolute atomic E-state index is 0.0720. The van der Waals surface area contributed by atoms with E-state index in [0.717, 1.165) is 25.9 Å². The van der Waals surface area contributed by atoms with Crippen molar-refractivity contribution in [1.29, 1.82) is 0 Å². The summed E-state index contributed by atoms with van der Waals surface area (Å²) in [5.41, 5.74) is 1.01. The van der Waals surface area contributed by atoms with Crippen molar-refractivity contribution in [3.63, 3.8) is 0 Å². The van der Waals surface area contributed by atoms with E-state index in [1.54, 1.807) is 4.90 Å². The van der Waals surface area contributed by atoms with Crippen LogP contribution >= 0.6 is 0 Å². The van der Waals surface area contributed by atoms with Crippen LogP contribution in [-0.4, -0.2) is 74.0 Å². The smallest absolute Gasteiger partial charge is 0.317 e. The van der Waals surface area contributed by atoms with Crippen molar-refractivity contribution in [2.24, 2.45) is 5.41 Å². The lowest BCUT2D eigenvalue weighted by atomic mass is 9.80. The number of nitrogens with zero attached hydrogens (tertiary/aromatic N) is 2. The van der Waals surface area contributed by atoms with Gasteiger partial charge in [0.1, 0.15) is 0 Å². The summed E-state index contributed by atoms with van der Waals surface area (Å²) in [5, 5.41) is 13.0. The van der Waals surface area contributed by atoms with Crippen LogP contribution in [0.5, 0.6) is 0 Å². The minimum Gasteiger partial charge on any atom is -0.396 e. The number of hydrogen-bond acceptors (Lipinski definition) is 4. The van der Waals surface area contributed by atoms with Gasteiger partial charge in [-0.05, 0) is 44.3 Å². The second kappa shape index (κ2) is 10.2. The van der Waals surface area contributed by atoms with Crippen molar-refractivity contribution in [2.75, 3.05) is 53.0 Å². The van der Waals surface area contributed by atoms with Gasteiger partial charge in [0.15, 0.2) is 0 Å². The van der Waals surface area contributed by atoms with Crippen molar-refractivity contribution in [1.82, 2.24) is 15.1 Å². The summed E-state index contributed by atoms with van der Waals surface area (Å²) in [6.45, 7) is 4.72. The Morgan fingerprint density at radius 2 is 1.89 bits per heavy atom. The van der Waals surface area contributed by atoms with Crippen LogP contribution in [0.15, 0.2) is 30.3 Å². The van der Waals surface area contributed by atoms with Crippen LogP contribution in [-0.2, 0) is 4.74 Å². The Kier molecular flexibility index (Phi) is 7.71. The first-order valence-electron chi connectivity index (χ1n) is 10.6. The van der Waals surface area contributed by atoms with Gasteiger partial charge in [0.05, 0.1) is 12.6 Å². The number of rotatable bonds is 7. The summed E-state index contributed by atoms with van der Waals surface area (Å²) in [6.07, 6.45) is 5.32. The SMILES string of the molecule is CN(CC1(CO)CCOCC1)C(=O)NC[C@@H](c1ccccc1)N1CCCCC1. The molecule has 2 heterocycles. The molecule has 2 amide bonds. The maximum absolute atomic E-state index is 12.8. The summed E-state index contributed by atoms with van der Waals surface area (Å²) in [7, 11) is 1.82. The molecule has 2 aliphatic heterocycles. The van der Waals surface area contributed by atoms with Crippen molar-refractivity contribution in [3.8, 4) is 0 Å².